The van der Waals surface area contributed by atoms with E-state index in [1.54, 1.807) is 18.5 Å². The van der Waals surface area contributed by atoms with E-state index in [9.17, 15) is 9.59 Å². The highest BCUT2D eigenvalue weighted by molar-refractivity contribution is 6.05. The standard InChI is InChI=1S/C25H27N5O2/c1-29-12-13-30(25(32)19-7-6-17-4-2-3-5-18(17)14-19)20(16-29)15-28-24(31)22-9-11-27-23-21(22)8-10-26-23/h2,4,6-11,14,20H,3,5,12-13,15-16H2,1H3,(H,26,27)(H,28,31). The highest BCUT2D eigenvalue weighted by Gasteiger charge is 2.30. The monoisotopic (exact) mass is 429 g/mol. The van der Waals surface area contributed by atoms with Crippen LogP contribution in [0.5, 0.6) is 0 Å². The minimum absolute atomic E-state index is 0.0339. The van der Waals surface area contributed by atoms with Gasteiger partial charge in [-0.15, -0.1) is 0 Å². The number of aromatic nitrogens is 2. The first-order valence-corrected chi connectivity index (χ1v) is 11.1. The second-order valence-corrected chi connectivity index (χ2v) is 8.58. The lowest BCUT2D eigenvalue weighted by atomic mass is 9.95. The number of nitrogens with one attached hydrogen (secondary N) is 2. The number of hydrogen-bond donors (Lipinski definition) is 2. The number of carbonyl (C=O) groups is 2. The van der Waals surface area contributed by atoms with Crippen molar-refractivity contribution in [1.82, 2.24) is 25.1 Å². The summed E-state index contributed by atoms with van der Waals surface area (Å²) >= 11 is 0. The van der Waals surface area contributed by atoms with Crippen LogP contribution in [0.2, 0.25) is 0 Å². The lowest BCUT2D eigenvalue weighted by Gasteiger charge is -2.40. The van der Waals surface area contributed by atoms with Crippen LogP contribution >= 0.6 is 0 Å². The number of benzene rings is 1. The molecule has 1 atom stereocenters. The van der Waals surface area contributed by atoms with Crippen molar-refractivity contribution in [2.75, 3.05) is 33.2 Å². The van der Waals surface area contributed by atoms with E-state index in [4.69, 9.17) is 0 Å². The molecule has 2 N–H and O–H groups in total. The maximum Gasteiger partial charge on any atom is 0.254 e. The SMILES string of the molecule is CN1CCN(C(=O)c2ccc3c(c2)CCC=C3)C(CNC(=O)c2ccnc3[nH]ccc23)C1. The number of nitrogens with zero attached hydrogens (tertiary/aromatic N) is 3. The summed E-state index contributed by atoms with van der Waals surface area (Å²) in [6, 6.07) is 9.48. The maximum absolute atomic E-state index is 13.4. The fourth-order valence-corrected chi connectivity index (χ4v) is 4.65. The molecule has 1 saturated heterocycles. The number of carbonyl (C=O) groups excluding carboxylic acids is 2. The zero-order valence-corrected chi connectivity index (χ0v) is 18.2. The molecule has 1 aliphatic heterocycles. The van der Waals surface area contributed by atoms with Gasteiger partial charge in [0.15, 0.2) is 0 Å². The van der Waals surface area contributed by atoms with Gasteiger partial charge in [-0.1, -0.05) is 18.2 Å². The van der Waals surface area contributed by atoms with Crippen LogP contribution in [0.3, 0.4) is 0 Å². The third-order valence-electron chi connectivity index (χ3n) is 6.42. The number of allylic oxidation sites excluding steroid dienone is 1. The highest BCUT2D eigenvalue weighted by atomic mass is 16.2. The first-order valence-electron chi connectivity index (χ1n) is 11.1. The first-order chi connectivity index (χ1) is 15.6. The molecule has 0 radical (unpaired) electrons. The van der Waals surface area contributed by atoms with Crippen molar-refractivity contribution in [2.45, 2.75) is 18.9 Å². The highest BCUT2D eigenvalue weighted by Crippen LogP contribution is 2.22. The second kappa shape index (κ2) is 8.59. The summed E-state index contributed by atoms with van der Waals surface area (Å²) in [7, 11) is 2.05. The number of rotatable bonds is 4. The van der Waals surface area contributed by atoms with Crippen LogP contribution in [-0.2, 0) is 6.42 Å². The number of pyridine rings is 1. The van der Waals surface area contributed by atoms with E-state index >= 15 is 0 Å². The quantitative estimate of drug-likeness (QED) is 0.668. The number of aromatic amines is 1. The first kappa shape index (κ1) is 20.5. The van der Waals surface area contributed by atoms with Crippen molar-refractivity contribution < 1.29 is 9.59 Å². The molecular formula is C25H27N5O2. The Morgan fingerprint density at radius 2 is 2.12 bits per heavy atom. The Morgan fingerprint density at radius 1 is 1.22 bits per heavy atom. The van der Waals surface area contributed by atoms with Gasteiger partial charge in [0.05, 0.1) is 11.6 Å². The van der Waals surface area contributed by atoms with Gasteiger partial charge in [0.1, 0.15) is 5.65 Å². The Morgan fingerprint density at radius 3 is 3.03 bits per heavy atom. The number of fused-ring (bicyclic) bond motifs is 2. The molecular weight excluding hydrogens is 402 g/mol. The van der Waals surface area contributed by atoms with Crippen LogP contribution in [0, 0.1) is 0 Å². The van der Waals surface area contributed by atoms with Crippen molar-refractivity contribution in [3.63, 3.8) is 0 Å². The Kier molecular flexibility index (Phi) is 5.49. The fourth-order valence-electron chi connectivity index (χ4n) is 4.65. The second-order valence-electron chi connectivity index (χ2n) is 8.58. The fraction of sp³-hybridized carbons (Fsp3) is 0.320. The van der Waals surface area contributed by atoms with Crippen LogP contribution in [0.15, 0.2) is 48.8 Å². The van der Waals surface area contributed by atoms with Crippen molar-refractivity contribution in [2.24, 2.45) is 0 Å². The Hall–Kier alpha value is -3.45. The van der Waals surface area contributed by atoms with Crippen molar-refractivity contribution in [3.05, 3.63) is 71.1 Å². The van der Waals surface area contributed by atoms with Crippen LogP contribution in [-0.4, -0.2) is 70.9 Å². The summed E-state index contributed by atoms with van der Waals surface area (Å²) in [5.41, 5.74) is 4.42. The summed E-state index contributed by atoms with van der Waals surface area (Å²) in [6.07, 6.45) is 9.68. The molecule has 5 rings (SSSR count). The van der Waals surface area contributed by atoms with Crippen molar-refractivity contribution >= 4 is 28.9 Å². The number of H-pyrrole nitrogens is 1. The lowest BCUT2D eigenvalue weighted by Crippen LogP contribution is -2.57. The van der Waals surface area contributed by atoms with Gasteiger partial charge in [-0.2, -0.15) is 0 Å². The number of piperazine rings is 1. The smallest absolute Gasteiger partial charge is 0.254 e. The Bertz CT molecular complexity index is 1200. The predicted molar refractivity (Wildman–Crippen MR) is 125 cm³/mol. The van der Waals surface area contributed by atoms with Crippen molar-refractivity contribution in [1.29, 1.82) is 0 Å². The molecule has 1 unspecified atom stereocenters. The molecule has 7 nitrogen and oxygen atoms in total. The van der Waals surface area contributed by atoms with Crippen LogP contribution in [0.25, 0.3) is 17.1 Å². The van der Waals surface area contributed by atoms with Gasteiger partial charge in [0.2, 0.25) is 0 Å². The predicted octanol–water partition coefficient (Wildman–Crippen LogP) is 2.71. The lowest BCUT2D eigenvalue weighted by molar-refractivity contribution is 0.0492. The Balaban J connectivity index is 1.32. The van der Waals surface area contributed by atoms with Gasteiger partial charge in [0, 0.05) is 49.5 Å². The maximum atomic E-state index is 13.4. The van der Waals surface area contributed by atoms with E-state index in [1.807, 2.05) is 36.2 Å². The Labute approximate surface area is 187 Å². The van der Waals surface area contributed by atoms with Crippen LogP contribution in [0.4, 0.5) is 0 Å². The molecule has 164 valence electrons. The zero-order valence-electron chi connectivity index (χ0n) is 18.2. The average Bonchev–Trinajstić information content (AvgIpc) is 3.31. The largest absolute Gasteiger partial charge is 0.350 e. The van der Waals surface area contributed by atoms with E-state index in [-0.39, 0.29) is 17.9 Å². The third-order valence-corrected chi connectivity index (χ3v) is 6.42. The molecule has 7 heteroatoms. The molecule has 2 amide bonds. The molecule has 32 heavy (non-hydrogen) atoms. The topological polar surface area (TPSA) is 81.3 Å². The zero-order chi connectivity index (χ0) is 22.1. The van der Waals surface area contributed by atoms with Gasteiger partial charge < -0.3 is 20.1 Å². The molecule has 0 saturated carbocycles. The normalized spacial score (nSPS) is 18.5. The molecule has 1 aromatic carbocycles. The van der Waals surface area contributed by atoms with E-state index in [2.05, 4.69) is 32.3 Å². The van der Waals surface area contributed by atoms with Gasteiger partial charge in [-0.3, -0.25) is 9.59 Å². The third kappa shape index (κ3) is 3.91. The van der Waals surface area contributed by atoms with Gasteiger partial charge in [-0.05, 0) is 55.3 Å². The summed E-state index contributed by atoms with van der Waals surface area (Å²) in [4.78, 5) is 37.7. The van der Waals surface area contributed by atoms with E-state index < -0.39 is 0 Å². The average molecular weight is 430 g/mol. The summed E-state index contributed by atoms with van der Waals surface area (Å²) in [6.45, 7) is 2.58. The number of amides is 2. The van der Waals surface area contributed by atoms with Crippen LogP contribution in [0.1, 0.15) is 38.3 Å². The van der Waals surface area contributed by atoms with Crippen molar-refractivity contribution in [3.8, 4) is 0 Å². The van der Waals surface area contributed by atoms with Gasteiger partial charge >= 0.3 is 0 Å². The minimum atomic E-state index is -0.154. The summed E-state index contributed by atoms with van der Waals surface area (Å²) < 4.78 is 0. The number of likely N-dealkylation sites (N-methyl/N-ethyl adjacent to an activating group) is 1. The van der Waals surface area contributed by atoms with E-state index in [0.717, 1.165) is 36.9 Å². The molecule has 3 aromatic rings. The van der Waals surface area contributed by atoms with Crippen LogP contribution < -0.4 is 5.32 Å². The molecule has 0 bridgehead atoms. The summed E-state index contributed by atoms with van der Waals surface area (Å²) in [5, 5.41) is 3.84. The summed E-state index contributed by atoms with van der Waals surface area (Å²) in [5.74, 6) is -0.121. The molecule has 1 aliphatic carbocycles. The molecule has 2 aromatic heterocycles. The molecule has 3 heterocycles. The van der Waals surface area contributed by atoms with E-state index in [0.29, 0.717) is 24.3 Å². The number of aryl methyl sites for hydroxylation is 1. The number of hydrogen-bond acceptors (Lipinski definition) is 4. The molecule has 2 aliphatic rings. The molecule has 1 fully saturated rings. The van der Waals surface area contributed by atoms with Gasteiger partial charge in [-0.25, -0.2) is 4.98 Å². The van der Waals surface area contributed by atoms with E-state index in [1.165, 1.54) is 11.1 Å². The molecule has 0 spiro atoms. The van der Waals surface area contributed by atoms with Gasteiger partial charge in [0.25, 0.3) is 11.8 Å². The minimum Gasteiger partial charge on any atom is -0.350 e.